The Hall–Kier alpha value is -1.66. The molecule has 1 aliphatic heterocycles. The Labute approximate surface area is 129 Å². The van der Waals surface area contributed by atoms with E-state index < -0.39 is 0 Å². The van der Waals surface area contributed by atoms with Gasteiger partial charge in [-0.3, -0.25) is 9.59 Å². The van der Waals surface area contributed by atoms with Crippen LogP contribution in [-0.4, -0.2) is 36.3 Å². The number of hydrogen-bond acceptors (Lipinski definition) is 3. The van der Waals surface area contributed by atoms with E-state index in [1.54, 1.807) is 4.90 Å². The molecular weight excluding hydrogens is 297 g/mol. The van der Waals surface area contributed by atoms with Gasteiger partial charge in [0.2, 0.25) is 11.8 Å². The molecular formula is C14H19ClFN3O2. The summed E-state index contributed by atoms with van der Waals surface area (Å²) in [6, 6.07) is 5.66. The zero-order valence-corrected chi connectivity index (χ0v) is 12.4. The molecule has 3 N–H and O–H groups in total. The molecule has 116 valence electrons. The van der Waals surface area contributed by atoms with Crippen molar-refractivity contribution in [2.24, 2.45) is 11.7 Å². The fraction of sp³-hybridized carbons (Fsp3) is 0.429. The molecule has 1 fully saturated rings. The van der Waals surface area contributed by atoms with Gasteiger partial charge < -0.3 is 16.0 Å². The zero-order chi connectivity index (χ0) is 14.5. The number of nitrogens with zero attached hydrogens (tertiary/aromatic N) is 1. The summed E-state index contributed by atoms with van der Waals surface area (Å²) in [5.74, 6) is -0.627. The maximum absolute atomic E-state index is 12.8. The summed E-state index contributed by atoms with van der Waals surface area (Å²) in [5.41, 5.74) is 5.89. The third-order valence-corrected chi connectivity index (χ3v) is 3.50. The largest absolute Gasteiger partial charge is 0.342 e. The Bertz CT molecular complexity index is 487. The normalized spacial score (nSPS) is 15.2. The Morgan fingerprint density at radius 2 is 1.81 bits per heavy atom. The summed E-state index contributed by atoms with van der Waals surface area (Å²) >= 11 is 0. The smallest absolute Gasteiger partial charge is 0.236 e. The van der Waals surface area contributed by atoms with Crippen molar-refractivity contribution in [3.63, 3.8) is 0 Å². The monoisotopic (exact) mass is 315 g/mol. The van der Waals surface area contributed by atoms with Gasteiger partial charge in [0.05, 0.1) is 6.54 Å². The molecule has 0 aromatic heterocycles. The van der Waals surface area contributed by atoms with Gasteiger partial charge in [0, 0.05) is 24.7 Å². The highest BCUT2D eigenvalue weighted by Crippen LogP contribution is 2.19. The SMILES string of the molecule is Cl.NCC(=O)N1CCC(C(=O)Nc2ccc(F)cc2)CC1. The number of benzene rings is 1. The van der Waals surface area contributed by atoms with Gasteiger partial charge in [-0.1, -0.05) is 0 Å². The van der Waals surface area contributed by atoms with Crippen LogP contribution in [0.1, 0.15) is 12.8 Å². The van der Waals surface area contributed by atoms with Crippen LogP contribution in [0.15, 0.2) is 24.3 Å². The van der Waals surface area contributed by atoms with Gasteiger partial charge in [0.1, 0.15) is 5.82 Å². The molecule has 0 atom stereocenters. The molecule has 0 saturated carbocycles. The predicted octanol–water partition coefficient (Wildman–Crippen LogP) is 1.38. The van der Waals surface area contributed by atoms with E-state index in [4.69, 9.17) is 5.73 Å². The van der Waals surface area contributed by atoms with Crippen molar-refractivity contribution in [2.75, 3.05) is 25.0 Å². The van der Waals surface area contributed by atoms with Crippen LogP contribution in [0.5, 0.6) is 0 Å². The quantitative estimate of drug-likeness (QED) is 0.885. The number of nitrogens with one attached hydrogen (secondary N) is 1. The van der Waals surface area contributed by atoms with Gasteiger partial charge in [-0.25, -0.2) is 4.39 Å². The number of likely N-dealkylation sites (tertiary alicyclic amines) is 1. The van der Waals surface area contributed by atoms with E-state index >= 15 is 0 Å². The van der Waals surface area contributed by atoms with E-state index in [0.29, 0.717) is 31.6 Å². The van der Waals surface area contributed by atoms with E-state index in [2.05, 4.69) is 5.32 Å². The molecule has 0 radical (unpaired) electrons. The van der Waals surface area contributed by atoms with Crippen molar-refractivity contribution in [2.45, 2.75) is 12.8 Å². The topological polar surface area (TPSA) is 75.4 Å². The lowest BCUT2D eigenvalue weighted by Gasteiger charge is -2.31. The first-order valence-corrected chi connectivity index (χ1v) is 6.64. The average Bonchev–Trinajstić information content (AvgIpc) is 2.49. The molecule has 7 heteroatoms. The lowest BCUT2D eigenvalue weighted by Crippen LogP contribution is -2.43. The number of piperidine rings is 1. The molecule has 2 rings (SSSR count). The highest BCUT2D eigenvalue weighted by Gasteiger charge is 2.26. The number of hydrogen-bond donors (Lipinski definition) is 2. The van der Waals surface area contributed by atoms with E-state index in [1.165, 1.54) is 24.3 Å². The standard InChI is InChI=1S/C14H18FN3O2.ClH/c15-11-1-3-12(4-2-11)17-14(20)10-5-7-18(8-6-10)13(19)9-16;/h1-4,10H,5-9,16H2,(H,17,20);1H. The van der Waals surface area contributed by atoms with Crippen molar-refractivity contribution in [3.8, 4) is 0 Å². The Balaban J connectivity index is 0.00000220. The van der Waals surface area contributed by atoms with Gasteiger partial charge in [-0.15, -0.1) is 12.4 Å². The average molecular weight is 316 g/mol. The van der Waals surface area contributed by atoms with Gasteiger partial charge >= 0.3 is 0 Å². The molecule has 1 aliphatic rings. The van der Waals surface area contributed by atoms with Crippen LogP contribution in [0.4, 0.5) is 10.1 Å². The lowest BCUT2D eigenvalue weighted by atomic mass is 9.95. The Kier molecular flexibility index (Phi) is 6.58. The van der Waals surface area contributed by atoms with E-state index in [0.717, 1.165) is 0 Å². The molecule has 0 unspecified atom stereocenters. The minimum Gasteiger partial charge on any atom is -0.342 e. The van der Waals surface area contributed by atoms with Gasteiger partial charge in [-0.2, -0.15) is 0 Å². The summed E-state index contributed by atoms with van der Waals surface area (Å²) < 4.78 is 12.8. The molecule has 0 aliphatic carbocycles. The maximum Gasteiger partial charge on any atom is 0.236 e. The molecule has 2 amide bonds. The first-order valence-electron chi connectivity index (χ1n) is 6.64. The van der Waals surface area contributed by atoms with Gasteiger partial charge in [-0.05, 0) is 37.1 Å². The second kappa shape index (κ2) is 7.95. The van der Waals surface area contributed by atoms with Crippen LogP contribution in [0.25, 0.3) is 0 Å². The molecule has 0 bridgehead atoms. The number of rotatable bonds is 3. The summed E-state index contributed by atoms with van der Waals surface area (Å²) in [6.45, 7) is 1.11. The van der Waals surface area contributed by atoms with Crippen molar-refractivity contribution in [1.29, 1.82) is 0 Å². The lowest BCUT2D eigenvalue weighted by molar-refractivity contribution is -0.133. The van der Waals surface area contributed by atoms with Crippen molar-refractivity contribution >= 4 is 29.9 Å². The number of carbonyl (C=O) groups excluding carboxylic acids is 2. The molecule has 1 saturated heterocycles. The first kappa shape index (κ1) is 17.4. The van der Waals surface area contributed by atoms with Crippen LogP contribution < -0.4 is 11.1 Å². The summed E-state index contributed by atoms with van der Waals surface area (Å²) in [7, 11) is 0. The molecule has 1 heterocycles. The van der Waals surface area contributed by atoms with Crippen molar-refractivity contribution < 1.29 is 14.0 Å². The molecule has 21 heavy (non-hydrogen) atoms. The van der Waals surface area contributed by atoms with E-state index in [1.807, 2.05) is 0 Å². The Morgan fingerprint density at radius 1 is 1.24 bits per heavy atom. The minimum atomic E-state index is -0.336. The number of anilines is 1. The van der Waals surface area contributed by atoms with E-state index in [9.17, 15) is 14.0 Å². The van der Waals surface area contributed by atoms with Crippen molar-refractivity contribution in [3.05, 3.63) is 30.1 Å². The highest BCUT2D eigenvalue weighted by atomic mass is 35.5. The fourth-order valence-corrected chi connectivity index (χ4v) is 2.30. The molecule has 5 nitrogen and oxygen atoms in total. The predicted molar refractivity (Wildman–Crippen MR) is 80.6 cm³/mol. The second-order valence-corrected chi connectivity index (χ2v) is 4.86. The number of amides is 2. The van der Waals surface area contributed by atoms with Gasteiger partial charge in [0.15, 0.2) is 0 Å². The number of halogens is 2. The zero-order valence-electron chi connectivity index (χ0n) is 11.5. The molecule has 1 aromatic rings. The third-order valence-electron chi connectivity index (χ3n) is 3.50. The highest BCUT2D eigenvalue weighted by molar-refractivity contribution is 5.92. The first-order chi connectivity index (χ1) is 9.60. The van der Waals surface area contributed by atoms with Crippen LogP contribution in [0.2, 0.25) is 0 Å². The van der Waals surface area contributed by atoms with E-state index in [-0.39, 0.29) is 42.5 Å². The van der Waals surface area contributed by atoms with Gasteiger partial charge in [0.25, 0.3) is 0 Å². The minimum absolute atomic E-state index is 0. The van der Waals surface area contributed by atoms with Crippen molar-refractivity contribution in [1.82, 2.24) is 4.90 Å². The summed E-state index contributed by atoms with van der Waals surface area (Å²) in [6.07, 6.45) is 1.25. The fourth-order valence-electron chi connectivity index (χ4n) is 2.30. The molecule has 1 aromatic carbocycles. The van der Waals surface area contributed by atoms with Crippen LogP contribution >= 0.6 is 12.4 Å². The van der Waals surface area contributed by atoms with Crippen LogP contribution in [-0.2, 0) is 9.59 Å². The number of carbonyl (C=O) groups is 2. The third kappa shape index (κ3) is 4.68. The maximum atomic E-state index is 12.8. The Morgan fingerprint density at radius 3 is 2.33 bits per heavy atom. The second-order valence-electron chi connectivity index (χ2n) is 4.86. The summed E-state index contributed by atoms with van der Waals surface area (Å²) in [5, 5.41) is 2.76. The van der Waals surface area contributed by atoms with Crippen LogP contribution in [0, 0.1) is 11.7 Å². The summed E-state index contributed by atoms with van der Waals surface area (Å²) in [4.78, 5) is 25.2. The number of nitrogens with two attached hydrogens (primary N) is 1. The van der Waals surface area contributed by atoms with Crippen LogP contribution in [0.3, 0.4) is 0 Å². The molecule has 0 spiro atoms.